The van der Waals surface area contributed by atoms with E-state index in [2.05, 4.69) is 46.3 Å². The predicted molar refractivity (Wildman–Crippen MR) is 108 cm³/mol. The first-order chi connectivity index (χ1) is 11.9. The lowest BCUT2D eigenvalue weighted by molar-refractivity contribution is 0.120. The molecule has 5 nitrogen and oxygen atoms in total. The minimum atomic E-state index is 0.0370. The fourth-order valence-electron chi connectivity index (χ4n) is 2.97. The molecule has 2 atom stereocenters. The van der Waals surface area contributed by atoms with Gasteiger partial charge in [0.25, 0.3) is 0 Å². The molecule has 7 heteroatoms. The molecule has 0 spiro atoms. The third-order valence-electron chi connectivity index (χ3n) is 4.73. The van der Waals surface area contributed by atoms with Crippen LogP contribution in [0.5, 0.6) is 0 Å². The van der Waals surface area contributed by atoms with Crippen molar-refractivity contribution >= 4 is 29.2 Å². The monoisotopic (exact) mass is 385 g/mol. The van der Waals surface area contributed by atoms with Crippen molar-refractivity contribution < 1.29 is 0 Å². The maximum atomic E-state index is 6.30. The van der Waals surface area contributed by atoms with Gasteiger partial charge in [0.05, 0.1) is 6.04 Å². The molecule has 1 aliphatic rings. The molecule has 25 heavy (non-hydrogen) atoms. The second-order valence-electron chi connectivity index (χ2n) is 6.67. The second kappa shape index (κ2) is 9.62. The van der Waals surface area contributed by atoms with Gasteiger partial charge in [0, 0.05) is 55.9 Å². The van der Waals surface area contributed by atoms with Gasteiger partial charge in [0.15, 0.2) is 5.96 Å². The molecule has 2 unspecified atom stereocenters. The Kier molecular flexibility index (Phi) is 7.81. The Labute approximate surface area is 161 Å². The molecule has 0 aliphatic carbocycles. The summed E-state index contributed by atoms with van der Waals surface area (Å²) >= 11 is 12.3. The van der Waals surface area contributed by atoms with E-state index in [1.165, 1.54) is 0 Å². The first-order valence-electron chi connectivity index (χ1n) is 8.75. The molecule has 1 aliphatic heterocycles. The summed E-state index contributed by atoms with van der Waals surface area (Å²) < 4.78 is 0. The Morgan fingerprint density at radius 1 is 1.20 bits per heavy atom. The van der Waals surface area contributed by atoms with Gasteiger partial charge in [0.2, 0.25) is 0 Å². The summed E-state index contributed by atoms with van der Waals surface area (Å²) in [5, 5.41) is 8.12. The number of piperazine rings is 1. The van der Waals surface area contributed by atoms with E-state index in [1.807, 2.05) is 12.1 Å². The number of aliphatic imine (C=N–C) groups is 1. The lowest BCUT2D eigenvalue weighted by atomic mass is 10.1. The number of guanidine groups is 1. The zero-order valence-corrected chi connectivity index (χ0v) is 17.0. The van der Waals surface area contributed by atoms with Crippen LogP contribution in [-0.4, -0.2) is 68.6 Å². The summed E-state index contributed by atoms with van der Waals surface area (Å²) in [6.45, 7) is 9.65. The Morgan fingerprint density at radius 2 is 1.88 bits per heavy atom. The van der Waals surface area contributed by atoms with Crippen LogP contribution in [0.3, 0.4) is 0 Å². The number of likely N-dealkylation sites (N-methyl/N-ethyl adjacent to an activating group) is 1. The number of hydrogen-bond acceptors (Lipinski definition) is 3. The minimum Gasteiger partial charge on any atom is -0.355 e. The zero-order chi connectivity index (χ0) is 18.4. The minimum absolute atomic E-state index is 0.0370. The number of nitrogens with one attached hydrogen (secondary N) is 2. The maximum Gasteiger partial charge on any atom is 0.191 e. The molecular formula is C18H29Cl2N5. The second-order valence-corrected chi connectivity index (χ2v) is 7.52. The Bertz CT molecular complexity index is 585. The molecule has 0 aromatic heterocycles. The van der Waals surface area contributed by atoms with Crippen LogP contribution in [0, 0.1) is 0 Å². The summed E-state index contributed by atoms with van der Waals surface area (Å²) in [5.74, 6) is 0.777. The van der Waals surface area contributed by atoms with Crippen LogP contribution < -0.4 is 10.6 Å². The van der Waals surface area contributed by atoms with Crippen molar-refractivity contribution in [3.05, 3.63) is 33.8 Å². The van der Waals surface area contributed by atoms with Crippen LogP contribution in [0.25, 0.3) is 0 Å². The highest BCUT2D eigenvalue weighted by Gasteiger charge is 2.19. The summed E-state index contributed by atoms with van der Waals surface area (Å²) in [6, 6.07) is 6.06. The standard InChI is InChI=1S/C18H29Cl2N5/c1-13(25-9-7-24(4)8-10-25)12-22-18(21-3)23-14(2)16-6-5-15(19)11-17(16)20/h5-6,11,13-14H,7-10,12H2,1-4H3,(H2,21,22,23). The van der Waals surface area contributed by atoms with Crippen LogP contribution in [0.15, 0.2) is 23.2 Å². The molecule has 1 aromatic rings. The molecule has 1 saturated heterocycles. The van der Waals surface area contributed by atoms with Gasteiger partial charge >= 0.3 is 0 Å². The third-order valence-corrected chi connectivity index (χ3v) is 5.29. The van der Waals surface area contributed by atoms with Crippen LogP contribution >= 0.6 is 23.2 Å². The molecule has 2 N–H and O–H groups in total. The molecule has 1 aromatic carbocycles. The first kappa shape index (κ1) is 20.3. The van der Waals surface area contributed by atoms with Crippen molar-refractivity contribution in [3.63, 3.8) is 0 Å². The SMILES string of the molecule is CN=C(NCC(C)N1CCN(C)CC1)NC(C)c1ccc(Cl)cc1Cl. The van der Waals surface area contributed by atoms with Crippen molar-refractivity contribution in [2.75, 3.05) is 46.8 Å². The van der Waals surface area contributed by atoms with E-state index in [4.69, 9.17) is 23.2 Å². The Hall–Kier alpha value is -1.01. The molecule has 1 fully saturated rings. The average Bonchev–Trinajstić information content (AvgIpc) is 2.58. The van der Waals surface area contributed by atoms with Crippen molar-refractivity contribution in [2.45, 2.75) is 25.9 Å². The highest BCUT2D eigenvalue weighted by Crippen LogP contribution is 2.25. The first-order valence-corrected chi connectivity index (χ1v) is 9.51. The summed E-state index contributed by atoms with van der Waals surface area (Å²) in [5.41, 5.74) is 1.00. The van der Waals surface area contributed by atoms with Crippen LogP contribution in [0.4, 0.5) is 0 Å². The quantitative estimate of drug-likeness (QED) is 0.603. The van der Waals surface area contributed by atoms with Crippen molar-refractivity contribution in [2.24, 2.45) is 4.99 Å². The van der Waals surface area contributed by atoms with Gasteiger partial charge in [-0.25, -0.2) is 0 Å². The lowest BCUT2D eigenvalue weighted by Gasteiger charge is -2.36. The van der Waals surface area contributed by atoms with Crippen molar-refractivity contribution in [1.82, 2.24) is 20.4 Å². The fraction of sp³-hybridized carbons (Fsp3) is 0.611. The number of rotatable bonds is 5. The van der Waals surface area contributed by atoms with Gasteiger partial charge in [0.1, 0.15) is 0 Å². The Morgan fingerprint density at radius 3 is 2.48 bits per heavy atom. The topological polar surface area (TPSA) is 42.9 Å². The molecule has 0 amide bonds. The van der Waals surface area contributed by atoms with Crippen LogP contribution in [0.2, 0.25) is 10.0 Å². The van der Waals surface area contributed by atoms with E-state index in [1.54, 1.807) is 13.1 Å². The summed E-state index contributed by atoms with van der Waals surface area (Å²) in [7, 11) is 3.96. The van der Waals surface area contributed by atoms with Crippen molar-refractivity contribution in [1.29, 1.82) is 0 Å². The zero-order valence-electron chi connectivity index (χ0n) is 15.5. The molecular weight excluding hydrogens is 357 g/mol. The smallest absolute Gasteiger partial charge is 0.191 e. The van der Waals surface area contributed by atoms with E-state index in [-0.39, 0.29) is 6.04 Å². The molecule has 140 valence electrons. The predicted octanol–water partition coefficient (Wildman–Crippen LogP) is 2.86. The highest BCUT2D eigenvalue weighted by atomic mass is 35.5. The Balaban J connectivity index is 1.85. The average molecular weight is 386 g/mol. The fourth-order valence-corrected chi connectivity index (χ4v) is 3.54. The van der Waals surface area contributed by atoms with E-state index in [9.17, 15) is 0 Å². The van der Waals surface area contributed by atoms with Gasteiger partial charge in [-0.2, -0.15) is 0 Å². The van der Waals surface area contributed by atoms with Gasteiger partial charge in [-0.1, -0.05) is 29.3 Å². The van der Waals surface area contributed by atoms with Crippen molar-refractivity contribution in [3.8, 4) is 0 Å². The third kappa shape index (κ3) is 6.03. The van der Waals surface area contributed by atoms with Gasteiger partial charge in [-0.3, -0.25) is 9.89 Å². The lowest BCUT2D eigenvalue weighted by Crippen LogP contribution is -2.52. The number of benzene rings is 1. The van der Waals surface area contributed by atoms with E-state index in [0.29, 0.717) is 16.1 Å². The molecule has 0 saturated carbocycles. The van der Waals surface area contributed by atoms with Crippen LogP contribution in [-0.2, 0) is 0 Å². The number of halogens is 2. The maximum absolute atomic E-state index is 6.30. The molecule has 1 heterocycles. The highest BCUT2D eigenvalue weighted by molar-refractivity contribution is 6.35. The van der Waals surface area contributed by atoms with E-state index < -0.39 is 0 Å². The largest absolute Gasteiger partial charge is 0.355 e. The summed E-state index contributed by atoms with van der Waals surface area (Å²) in [4.78, 5) is 9.21. The van der Waals surface area contributed by atoms with Gasteiger partial charge < -0.3 is 15.5 Å². The van der Waals surface area contributed by atoms with Gasteiger partial charge in [-0.15, -0.1) is 0 Å². The van der Waals surface area contributed by atoms with E-state index >= 15 is 0 Å². The molecule has 0 bridgehead atoms. The summed E-state index contributed by atoms with van der Waals surface area (Å²) in [6.07, 6.45) is 0. The van der Waals surface area contributed by atoms with Gasteiger partial charge in [-0.05, 0) is 38.6 Å². The van der Waals surface area contributed by atoms with Crippen LogP contribution in [0.1, 0.15) is 25.5 Å². The molecule has 0 radical (unpaired) electrons. The molecule has 2 rings (SSSR count). The normalized spacial score (nSPS) is 19.5. The number of nitrogens with zero attached hydrogens (tertiary/aromatic N) is 3. The number of hydrogen-bond donors (Lipinski definition) is 2. The van der Waals surface area contributed by atoms with E-state index in [0.717, 1.165) is 44.2 Å².